The first kappa shape index (κ1) is 15.7. The van der Waals surface area contributed by atoms with Crippen LogP contribution in [0.1, 0.15) is 28.9 Å². The molecule has 7 heteroatoms. The fourth-order valence-electron chi connectivity index (χ4n) is 2.03. The highest BCUT2D eigenvalue weighted by atomic mass is 16.5. The number of pyridine rings is 1. The van der Waals surface area contributed by atoms with Gasteiger partial charge >= 0.3 is 5.97 Å². The lowest BCUT2D eigenvalue weighted by Gasteiger charge is -2.12. The van der Waals surface area contributed by atoms with E-state index in [-0.39, 0.29) is 23.1 Å². The fraction of sp³-hybridized carbons (Fsp3) is 0.267. The van der Waals surface area contributed by atoms with E-state index in [4.69, 9.17) is 10.00 Å². The molecule has 1 aromatic heterocycles. The van der Waals surface area contributed by atoms with Crippen molar-refractivity contribution in [1.82, 2.24) is 4.98 Å². The van der Waals surface area contributed by atoms with Crippen molar-refractivity contribution in [2.24, 2.45) is 0 Å². The number of nitriles is 1. The van der Waals surface area contributed by atoms with E-state index in [1.807, 2.05) is 0 Å². The van der Waals surface area contributed by atoms with Crippen molar-refractivity contribution in [3.8, 4) is 6.07 Å². The van der Waals surface area contributed by atoms with Gasteiger partial charge in [0, 0.05) is 17.1 Å². The van der Waals surface area contributed by atoms with Crippen molar-refractivity contribution in [3.63, 3.8) is 0 Å². The van der Waals surface area contributed by atoms with Gasteiger partial charge in [-0.3, -0.25) is 4.79 Å². The van der Waals surface area contributed by atoms with Crippen LogP contribution in [0, 0.1) is 11.3 Å². The zero-order valence-electron chi connectivity index (χ0n) is 11.7. The maximum Gasteiger partial charge on any atom is 0.343 e. The largest absolute Gasteiger partial charge is 0.462 e. The molecule has 0 aliphatic rings. The number of carbonyl (C=O) groups is 1. The zero-order chi connectivity index (χ0) is 16.3. The number of hydrogen-bond donors (Lipinski definition) is 3. The first-order valence-corrected chi connectivity index (χ1v) is 6.57. The van der Waals surface area contributed by atoms with Crippen LogP contribution in [-0.4, -0.2) is 33.9 Å². The summed E-state index contributed by atoms with van der Waals surface area (Å²) in [6.45, 7) is 1.77. The van der Waals surface area contributed by atoms with E-state index in [0.29, 0.717) is 5.52 Å². The number of esters is 1. The van der Waals surface area contributed by atoms with Gasteiger partial charge in [0.2, 0.25) is 5.43 Å². The summed E-state index contributed by atoms with van der Waals surface area (Å²) in [4.78, 5) is 26.8. The van der Waals surface area contributed by atoms with Crippen molar-refractivity contribution in [1.29, 1.82) is 5.26 Å². The number of fused-ring (bicyclic) bond motifs is 1. The summed E-state index contributed by atoms with van der Waals surface area (Å²) < 4.78 is 4.80. The molecule has 7 nitrogen and oxygen atoms in total. The van der Waals surface area contributed by atoms with Crippen LogP contribution in [0.5, 0.6) is 0 Å². The van der Waals surface area contributed by atoms with Crippen LogP contribution < -0.4 is 5.43 Å². The number of aliphatic hydroxyl groups excluding tert-OH is 2. The average Bonchev–Trinajstić information content (AvgIpc) is 2.53. The maximum atomic E-state index is 12.3. The predicted molar refractivity (Wildman–Crippen MR) is 77.1 cm³/mol. The van der Waals surface area contributed by atoms with Crippen molar-refractivity contribution < 1.29 is 19.7 Å². The lowest BCUT2D eigenvalue weighted by Crippen LogP contribution is -2.19. The smallest absolute Gasteiger partial charge is 0.343 e. The van der Waals surface area contributed by atoms with Crippen LogP contribution in [0.15, 0.2) is 29.2 Å². The Balaban J connectivity index is 2.56. The van der Waals surface area contributed by atoms with E-state index in [1.54, 1.807) is 6.92 Å². The first-order chi connectivity index (χ1) is 10.5. The van der Waals surface area contributed by atoms with Crippen molar-refractivity contribution >= 4 is 16.9 Å². The van der Waals surface area contributed by atoms with Gasteiger partial charge in [0.25, 0.3) is 0 Å². The molecule has 0 saturated heterocycles. The predicted octanol–water partition coefficient (Wildman–Crippen LogP) is 0.623. The monoisotopic (exact) mass is 302 g/mol. The second-order valence-corrected chi connectivity index (χ2v) is 4.58. The molecule has 0 radical (unpaired) electrons. The zero-order valence-corrected chi connectivity index (χ0v) is 11.7. The summed E-state index contributed by atoms with van der Waals surface area (Å²) >= 11 is 0. The van der Waals surface area contributed by atoms with Gasteiger partial charge in [0.15, 0.2) is 6.10 Å². The summed E-state index contributed by atoms with van der Waals surface area (Å²) in [5, 5.41) is 28.0. The summed E-state index contributed by atoms with van der Waals surface area (Å²) in [7, 11) is 0. The Morgan fingerprint density at radius 2 is 2.18 bits per heavy atom. The van der Waals surface area contributed by atoms with Crippen molar-refractivity contribution in [2.45, 2.75) is 19.1 Å². The Morgan fingerprint density at radius 1 is 1.45 bits per heavy atom. The van der Waals surface area contributed by atoms with Gasteiger partial charge in [-0.1, -0.05) is 6.07 Å². The minimum absolute atomic E-state index is 0.142. The summed E-state index contributed by atoms with van der Waals surface area (Å²) in [5.74, 6) is -0.742. The van der Waals surface area contributed by atoms with Gasteiger partial charge in [-0.25, -0.2) is 4.79 Å². The molecular weight excluding hydrogens is 288 g/mol. The molecule has 0 saturated carbocycles. The summed E-state index contributed by atoms with van der Waals surface area (Å²) in [5.41, 5.74) is -0.0389. The second-order valence-electron chi connectivity index (χ2n) is 4.58. The number of benzene rings is 1. The van der Waals surface area contributed by atoms with Gasteiger partial charge in [0.1, 0.15) is 11.7 Å². The van der Waals surface area contributed by atoms with E-state index in [2.05, 4.69) is 4.98 Å². The molecule has 2 atom stereocenters. The van der Waals surface area contributed by atoms with Crippen LogP contribution >= 0.6 is 0 Å². The third-order valence-corrected chi connectivity index (χ3v) is 3.17. The lowest BCUT2D eigenvalue weighted by molar-refractivity contribution is 0.0524. The SMILES string of the molecule is CCOC(=O)c1c[nH]c2ccc(C(O)C(O)C#N)cc2c1=O. The Kier molecular flexibility index (Phi) is 4.56. The number of hydrogen-bond acceptors (Lipinski definition) is 6. The molecule has 2 aromatic rings. The van der Waals surface area contributed by atoms with Crippen LogP contribution in [0.4, 0.5) is 0 Å². The highest BCUT2D eigenvalue weighted by molar-refractivity contribution is 5.93. The number of nitrogens with one attached hydrogen (secondary N) is 1. The van der Waals surface area contributed by atoms with Crippen molar-refractivity contribution in [3.05, 3.63) is 45.7 Å². The molecule has 22 heavy (non-hydrogen) atoms. The topological polar surface area (TPSA) is 123 Å². The Labute approximate surface area is 125 Å². The van der Waals surface area contributed by atoms with E-state index < -0.39 is 23.6 Å². The normalized spacial score (nSPS) is 13.4. The molecule has 1 heterocycles. The molecule has 0 amide bonds. The Bertz CT molecular complexity index is 806. The van der Waals surface area contributed by atoms with Gasteiger partial charge < -0.3 is 19.9 Å². The van der Waals surface area contributed by atoms with Gasteiger partial charge in [-0.15, -0.1) is 0 Å². The van der Waals surface area contributed by atoms with E-state index in [9.17, 15) is 19.8 Å². The third-order valence-electron chi connectivity index (χ3n) is 3.17. The van der Waals surface area contributed by atoms with E-state index in [0.717, 1.165) is 0 Å². The number of aromatic nitrogens is 1. The van der Waals surface area contributed by atoms with Gasteiger partial charge in [-0.05, 0) is 24.6 Å². The van der Waals surface area contributed by atoms with E-state index in [1.165, 1.54) is 30.5 Å². The molecule has 2 unspecified atom stereocenters. The molecule has 2 rings (SSSR count). The van der Waals surface area contributed by atoms with E-state index >= 15 is 0 Å². The van der Waals surface area contributed by atoms with Crippen LogP contribution in [0.3, 0.4) is 0 Å². The fourth-order valence-corrected chi connectivity index (χ4v) is 2.03. The molecule has 0 aliphatic heterocycles. The van der Waals surface area contributed by atoms with Gasteiger partial charge in [0.05, 0.1) is 12.7 Å². The molecule has 0 bridgehead atoms. The Morgan fingerprint density at radius 3 is 2.82 bits per heavy atom. The minimum atomic E-state index is -1.61. The number of aromatic amines is 1. The highest BCUT2D eigenvalue weighted by Crippen LogP contribution is 2.20. The first-order valence-electron chi connectivity index (χ1n) is 6.57. The number of H-pyrrole nitrogens is 1. The quantitative estimate of drug-likeness (QED) is 0.562. The molecule has 0 spiro atoms. The number of rotatable bonds is 4. The lowest BCUT2D eigenvalue weighted by atomic mass is 10.0. The average molecular weight is 302 g/mol. The summed E-state index contributed by atoms with van der Waals surface area (Å²) in [6, 6.07) is 5.85. The van der Waals surface area contributed by atoms with Crippen LogP contribution in [-0.2, 0) is 4.74 Å². The van der Waals surface area contributed by atoms with Gasteiger partial charge in [-0.2, -0.15) is 5.26 Å². The van der Waals surface area contributed by atoms with Crippen LogP contribution in [0.2, 0.25) is 0 Å². The number of nitrogens with zero attached hydrogens (tertiary/aromatic N) is 1. The Hall–Kier alpha value is -2.69. The standard InChI is InChI=1S/C15H14N2O5/c1-2-22-15(21)10-7-17-11-4-3-8(5-9(11)14(10)20)13(19)12(18)6-16/h3-5,7,12-13,18-19H,2H2,1H3,(H,17,20). The molecule has 3 N–H and O–H groups in total. The van der Waals surface area contributed by atoms with Crippen LogP contribution in [0.25, 0.3) is 10.9 Å². The highest BCUT2D eigenvalue weighted by Gasteiger charge is 2.19. The molecule has 0 aliphatic carbocycles. The molecule has 0 fully saturated rings. The third kappa shape index (κ3) is 2.83. The minimum Gasteiger partial charge on any atom is -0.462 e. The summed E-state index contributed by atoms with van der Waals surface area (Å²) in [6.07, 6.45) is -1.78. The van der Waals surface area contributed by atoms with Crippen molar-refractivity contribution in [2.75, 3.05) is 6.61 Å². The molecule has 1 aromatic carbocycles. The molecule has 114 valence electrons. The molecular formula is C15H14N2O5. The number of ether oxygens (including phenoxy) is 1. The maximum absolute atomic E-state index is 12.3. The second kappa shape index (κ2) is 6.39. The number of carbonyl (C=O) groups excluding carboxylic acids is 1. The number of aliphatic hydroxyl groups is 2.